The Balaban J connectivity index is 2.03. The van der Waals surface area contributed by atoms with Gasteiger partial charge < -0.3 is 15.0 Å². The van der Waals surface area contributed by atoms with Gasteiger partial charge in [-0.15, -0.1) is 5.10 Å². The summed E-state index contributed by atoms with van der Waals surface area (Å²) in [5, 5.41) is 8.36. The first-order chi connectivity index (χ1) is 10.9. The van der Waals surface area contributed by atoms with E-state index in [9.17, 15) is 9.59 Å². The molecule has 1 unspecified atom stereocenters. The monoisotopic (exact) mass is 340 g/mol. The summed E-state index contributed by atoms with van der Waals surface area (Å²) in [6, 6.07) is 0. The van der Waals surface area contributed by atoms with Gasteiger partial charge in [0, 0.05) is 24.1 Å². The van der Waals surface area contributed by atoms with Gasteiger partial charge in [0.2, 0.25) is 5.91 Å². The lowest BCUT2D eigenvalue weighted by molar-refractivity contribution is -0.123. The molecule has 1 fully saturated rings. The Morgan fingerprint density at radius 1 is 1.52 bits per heavy atom. The summed E-state index contributed by atoms with van der Waals surface area (Å²) in [4.78, 5) is 26.4. The van der Waals surface area contributed by atoms with Crippen LogP contribution in [0.15, 0.2) is 5.38 Å². The third-order valence-electron chi connectivity index (χ3n) is 4.01. The molecule has 0 aliphatic carbocycles. The van der Waals surface area contributed by atoms with Crippen molar-refractivity contribution in [1.82, 2.24) is 19.8 Å². The van der Waals surface area contributed by atoms with Crippen molar-refractivity contribution in [1.29, 1.82) is 0 Å². The van der Waals surface area contributed by atoms with Crippen LogP contribution in [0, 0.1) is 0 Å². The van der Waals surface area contributed by atoms with Crippen LogP contribution in [0.5, 0.6) is 0 Å². The first kappa shape index (κ1) is 17.8. The summed E-state index contributed by atoms with van der Waals surface area (Å²) >= 11 is 1.12. The molecule has 0 spiro atoms. The lowest BCUT2D eigenvalue weighted by Gasteiger charge is -2.28. The predicted molar refractivity (Wildman–Crippen MR) is 87.3 cm³/mol. The molecule has 128 valence electrons. The minimum atomic E-state index is -0.294. The van der Waals surface area contributed by atoms with Crippen LogP contribution in [0.3, 0.4) is 0 Å². The predicted octanol–water partition coefficient (Wildman–Crippen LogP) is 1.46. The highest BCUT2D eigenvalue weighted by Gasteiger charge is 2.27. The summed E-state index contributed by atoms with van der Waals surface area (Å²) in [6.07, 6.45) is 2.69. The van der Waals surface area contributed by atoms with E-state index in [4.69, 9.17) is 4.74 Å². The molecule has 1 atom stereocenters. The standard InChI is InChI=1S/C15H24N4O3S/c1-4-15(2,3)16-13(20)9-19(8-11-6-5-7-22-11)14(21)12-10-23-18-17-12/h10-11H,4-9H2,1-3H3,(H,16,20). The number of nitrogens with one attached hydrogen (secondary N) is 1. The minimum absolute atomic E-state index is 0.000347. The molecule has 1 aliphatic rings. The molecule has 1 aromatic heterocycles. The van der Waals surface area contributed by atoms with Crippen molar-refractivity contribution >= 4 is 23.3 Å². The third kappa shape index (κ3) is 5.24. The molecule has 1 aromatic rings. The van der Waals surface area contributed by atoms with Crippen LogP contribution in [-0.2, 0) is 9.53 Å². The van der Waals surface area contributed by atoms with Crippen molar-refractivity contribution in [2.75, 3.05) is 19.7 Å². The molecule has 2 rings (SSSR count). The van der Waals surface area contributed by atoms with Gasteiger partial charge in [0.05, 0.1) is 6.10 Å². The smallest absolute Gasteiger partial charge is 0.275 e. The normalized spacial score (nSPS) is 18.0. The van der Waals surface area contributed by atoms with E-state index in [1.807, 2.05) is 20.8 Å². The fraction of sp³-hybridized carbons (Fsp3) is 0.733. The lowest BCUT2D eigenvalue weighted by Crippen LogP contribution is -2.49. The summed E-state index contributed by atoms with van der Waals surface area (Å²) < 4.78 is 9.32. The number of ether oxygens (including phenoxy) is 1. The second kappa shape index (κ2) is 7.83. The van der Waals surface area contributed by atoms with Crippen LogP contribution >= 0.6 is 11.5 Å². The van der Waals surface area contributed by atoms with Gasteiger partial charge in [-0.05, 0) is 44.6 Å². The van der Waals surface area contributed by atoms with Crippen molar-refractivity contribution in [2.45, 2.75) is 51.7 Å². The highest BCUT2D eigenvalue weighted by Crippen LogP contribution is 2.15. The van der Waals surface area contributed by atoms with E-state index in [1.165, 1.54) is 4.90 Å². The zero-order valence-electron chi connectivity index (χ0n) is 13.9. The van der Waals surface area contributed by atoms with Gasteiger partial charge >= 0.3 is 0 Å². The number of carbonyl (C=O) groups is 2. The highest BCUT2D eigenvalue weighted by atomic mass is 32.1. The maximum absolute atomic E-state index is 12.6. The fourth-order valence-electron chi connectivity index (χ4n) is 2.35. The highest BCUT2D eigenvalue weighted by molar-refractivity contribution is 7.03. The molecule has 2 amide bonds. The van der Waals surface area contributed by atoms with Crippen LogP contribution < -0.4 is 5.32 Å². The van der Waals surface area contributed by atoms with Crippen molar-refractivity contribution in [3.8, 4) is 0 Å². The SMILES string of the molecule is CCC(C)(C)NC(=O)CN(CC1CCCO1)C(=O)c1csnn1. The molecule has 7 nitrogen and oxygen atoms in total. The van der Waals surface area contributed by atoms with Gasteiger partial charge in [0.15, 0.2) is 5.69 Å². The zero-order valence-corrected chi connectivity index (χ0v) is 14.7. The van der Waals surface area contributed by atoms with Crippen molar-refractivity contribution < 1.29 is 14.3 Å². The van der Waals surface area contributed by atoms with Crippen LogP contribution in [0.2, 0.25) is 0 Å². The second-order valence-electron chi connectivity index (χ2n) is 6.40. The Labute approximate surface area is 140 Å². The van der Waals surface area contributed by atoms with E-state index in [0.29, 0.717) is 13.2 Å². The van der Waals surface area contributed by atoms with E-state index < -0.39 is 0 Å². The number of rotatable bonds is 7. The molecule has 23 heavy (non-hydrogen) atoms. The Hall–Kier alpha value is -1.54. The molecule has 0 bridgehead atoms. The topological polar surface area (TPSA) is 84.4 Å². The van der Waals surface area contributed by atoms with Crippen LogP contribution in [-0.4, -0.2) is 57.6 Å². The van der Waals surface area contributed by atoms with Crippen molar-refractivity contribution in [3.63, 3.8) is 0 Å². The average Bonchev–Trinajstić information content (AvgIpc) is 3.18. The van der Waals surface area contributed by atoms with Crippen LogP contribution in [0.25, 0.3) is 0 Å². The van der Waals surface area contributed by atoms with E-state index in [0.717, 1.165) is 30.8 Å². The van der Waals surface area contributed by atoms with E-state index >= 15 is 0 Å². The van der Waals surface area contributed by atoms with E-state index in [1.54, 1.807) is 5.38 Å². The molecule has 2 heterocycles. The summed E-state index contributed by atoms with van der Waals surface area (Å²) in [7, 11) is 0. The Bertz CT molecular complexity index is 527. The molecule has 0 aromatic carbocycles. The van der Waals surface area contributed by atoms with Crippen LogP contribution in [0.4, 0.5) is 0 Å². The number of carbonyl (C=O) groups excluding carboxylic acids is 2. The van der Waals surface area contributed by atoms with Crippen molar-refractivity contribution in [2.24, 2.45) is 0 Å². The van der Waals surface area contributed by atoms with E-state index in [2.05, 4.69) is 14.9 Å². The summed E-state index contributed by atoms with van der Waals surface area (Å²) in [5.41, 5.74) is -0.0201. The van der Waals surface area contributed by atoms with Gasteiger partial charge in [-0.1, -0.05) is 11.4 Å². The molecule has 0 saturated carbocycles. The molecule has 0 radical (unpaired) electrons. The third-order valence-corrected chi connectivity index (χ3v) is 4.52. The largest absolute Gasteiger partial charge is 0.376 e. The second-order valence-corrected chi connectivity index (χ2v) is 7.01. The number of amides is 2. The van der Waals surface area contributed by atoms with Crippen LogP contribution in [0.1, 0.15) is 50.5 Å². The molecule has 1 aliphatic heterocycles. The van der Waals surface area contributed by atoms with E-state index in [-0.39, 0.29) is 35.7 Å². The summed E-state index contributed by atoms with van der Waals surface area (Å²) in [6.45, 7) is 7.04. The van der Waals surface area contributed by atoms with Gasteiger partial charge in [0.1, 0.15) is 6.54 Å². The Kier molecular flexibility index (Phi) is 6.06. The number of hydrogen-bond donors (Lipinski definition) is 1. The Morgan fingerprint density at radius 2 is 2.30 bits per heavy atom. The average molecular weight is 340 g/mol. The van der Waals surface area contributed by atoms with Gasteiger partial charge in [0.25, 0.3) is 5.91 Å². The molecular weight excluding hydrogens is 316 g/mol. The minimum Gasteiger partial charge on any atom is -0.376 e. The Morgan fingerprint density at radius 3 is 2.87 bits per heavy atom. The number of aromatic nitrogens is 2. The fourth-order valence-corrected chi connectivity index (χ4v) is 2.78. The van der Waals surface area contributed by atoms with Gasteiger partial charge in [-0.2, -0.15) is 0 Å². The molecular formula is C15H24N4O3S. The lowest BCUT2D eigenvalue weighted by atomic mass is 10.0. The number of nitrogens with zero attached hydrogens (tertiary/aromatic N) is 3. The first-order valence-electron chi connectivity index (χ1n) is 7.90. The quantitative estimate of drug-likeness (QED) is 0.812. The van der Waals surface area contributed by atoms with Gasteiger partial charge in [-0.25, -0.2) is 0 Å². The molecule has 1 saturated heterocycles. The summed E-state index contributed by atoms with van der Waals surface area (Å²) in [5.74, 6) is -0.454. The molecule has 8 heteroatoms. The zero-order chi connectivity index (χ0) is 16.9. The maximum atomic E-state index is 12.6. The first-order valence-corrected chi connectivity index (χ1v) is 8.74. The maximum Gasteiger partial charge on any atom is 0.275 e. The number of hydrogen-bond acceptors (Lipinski definition) is 6. The molecule has 1 N–H and O–H groups in total. The van der Waals surface area contributed by atoms with Gasteiger partial charge in [-0.3, -0.25) is 9.59 Å². The van der Waals surface area contributed by atoms with Crippen molar-refractivity contribution in [3.05, 3.63) is 11.1 Å².